The van der Waals surface area contributed by atoms with Gasteiger partial charge in [-0.2, -0.15) is 5.10 Å². The summed E-state index contributed by atoms with van der Waals surface area (Å²) in [5, 5.41) is 10.2. The van der Waals surface area contributed by atoms with Gasteiger partial charge in [0.2, 0.25) is 5.91 Å². The Morgan fingerprint density at radius 3 is 2.44 bits per heavy atom. The van der Waals surface area contributed by atoms with E-state index in [1.165, 1.54) is 11.1 Å². The quantitative estimate of drug-likeness (QED) is 0.502. The van der Waals surface area contributed by atoms with Gasteiger partial charge in [0.1, 0.15) is 0 Å². The molecule has 2 aromatic carbocycles. The summed E-state index contributed by atoms with van der Waals surface area (Å²) in [5.74, 6) is 0.474. The van der Waals surface area contributed by atoms with Crippen molar-refractivity contribution in [3.8, 4) is 22.8 Å². The van der Waals surface area contributed by atoms with Gasteiger partial charge in [-0.05, 0) is 38.1 Å². The number of aromatic nitrogens is 2. The predicted molar refractivity (Wildman–Crippen MR) is 123 cm³/mol. The van der Waals surface area contributed by atoms with E-state index in [2.05, 4.69) is 15.5 Å². The molecule has 2 N–H and O–H groups in total. The van der Waals surface area contributed by atoms with Crippen molar-refractivity contribution in [2.75, 3.05) is 32.1 Å². The number of rotatable bonds is 9. The molecule has 0 aliphatic rings. The van der Waals surface area contributed by atoms with E-state index in [1.807, 2.05) is 13.8 Å². The number of hydrogen-bond donors (Lipinski definition) is 2. The van der Waals surface area contributed by atoms with Crippen LogP contribution in [0.15, 0.2) is 48.7 Å². The van der Waals surface area contributed by atoms with Crippen LogP contribution < -0.4 is 14.8 Å². The van der Waals surface area contributed by atoms with Gasteiger partial charge in [0.05, 0.1) is 37.2 Å². The van der Waals surface area contributed by atoms with Gasteiger partial charge >= 0.3 is 0 Å². The van der Waals surface area contributed by atoms with Gasteiger partial charge in [-0.15, -0.1) is 0 Å². The Hall–Kier alpha value is -3.52. The van der Waals surface area contributed by atoms with E-state index >= 15 is 0 Å². The lowest BCUT2D eigenvalue weighted by molar-refractivity contribution is -0.116. The molecule has 0 aliphatic carbocycles. The summed E-state index contributed by atoms with van der Waals surface area (Å²) in [4.78, 5) is 26.8. The lowest BCUT2D eigenvalue weighted by atomic mass is 10.1. The topological polar surface area (TPSA) is 96.5 Å². The molecule has 0 unspecified atom stereocenters. The molecule has 3 rings (SSSR count). The maximum Gasteiger partial charge on any atom is 0.257 e. The van der Waals surface area contributed by atoms with Crippen LogP contribution in [-0.4, -0.2) is 53.7 Å². The zero-order chi connectivity index (χ0) is 23.1. The molecule has 1 heterocycles. The summed E-state index contributed by atoms with van der Waals surface area (Å²) in [6.45, 7) is 4.59. The Morgan fingerprint density at radius 1 is 1.06 bits per heavy atom. The molecule has 32 heavy (non-hydrogen) atoms. The SMILES string of the molecule is CCOc1ccc(NC(=O)CN(C)C(=O)c2cn[nH]c2-c2ccc(Cl)cc2)cc1OCC. The molecule has 0 atom stereocenters. The molecular formula is C23H25ClN4O4. The standard InChI is InChI=1S/C23H25ClN4O4/c1-4-31-19-11-10-17(12-20(19)32-5-2)26-21(29)14-28(3)23(30)18-13-25-27-22(18)15-6-8-16(24)9-7-15/h6-13H,4-5,14H2,1-3H3,(H,25,27)(H,26,29). The number of ether oxygens (including phenoxy) is 2. The first-order valence-corrected chi connectivity index (χ1v) is 10.5. The molecule has 0 bridgehead atoms. The number of nitrogens with one attached hydrogen (secondary N) is 2. The Labute approximate surface area is 191 Å². The third-order valence-electron chi connectivity index (χ3n) is 4.56. The van der Waals surface area contributed by atoms with Crippen molar-refractivity contribution in [3.63, 3.8) is 0 Å². The van der Waals surface area contributed by atoms with Crippen molar-refractivity contribution in [1.29, 1.82) is 0 Å². The van der Waals surface area contributed by atoms with E-state index in [0.717, 1.165) is 5.56 Å². The molecule has 0 radical (unpaired) electrons. The average molecular weight is 457 g/mol. The van der Waals surface area contributed by atoms with Gasteiger partial charge in [-0.3, -0.25) is 14.7 Å². The smallest absolute Gasteiger partial charge is 0.257 e. The van der Waals surface area contributed by atoms with Crippen LogP contribution in [0.5, 0.6) is 11.5 Å². The molecule has 0 spiro atoms. The monoisotopic (exact) mass is 456 g/mol. The number of likely N-dealkylation sites (N-methyl/N-ethyl adjacent to an activating group) is 1. The first-order valence-electron chi connectivity index (χ1n) is 10.2. The molecule has 0 saturated carbocycles. The molecule has 168 valence electrons. The maximum atomic E-state index is 12.9. The average Bonchev–Trinajstić information content (AvgIpc) is 3.25. The van der Waals surface area contributed by atoms with E-state index in [4.69, 9.17) is 21.1 Å². The molecular weight excluding hydrogens is 432 g/mol. The molecule has 3 aromatic rings. The minimum atomic E-state index is -0.344. The van der Waals surface area contributed by atoms with Crippen LogP contribution in [0.3, 0.4) is 0 Å². The van der Waals surface area contributed by atoms with Crippen molar-refractivity contribution >= 4 is 29.1 Å². The Kier molecular flexibility index (Phi) is 7.72. The molecule has 1 aromatic heterocycles. The third-order valence-corrected chi connectivity index (χ3v) is 4.81. The number of hydrogen-bond acceptors (Lipinski definition) is 5. The second-order valence-electron chi connectivity index (χ2n) is 6.90. The molecule has 8 nitrogen and oxygen atoms in total. The fourth-order valence-corrected chi connectivity index (χ4v) is 3.23. The van der Waals surface area contributed by atoms with Crippen molar-refractivity contribution in [2.24, 2.45) is 0 Å². The summed E-state index contributed by atoms with van der Waals surface area (Å²) in [7, 11) is 1.56. The summed E-state index contributed by atoms with van der Waals surface area (Å²) < 4.78 is 11.1. The van der Waals surface area contributed by atoms with Crippen LogP contribution in [0, 0.1) is 0 Å². The van der Waals surface area contributed by atoms with Crippen LogP contribution in [0.4, 0.5) is 5.69 Å². The highest BCUT2D eigenvalue weighted by Crippen LogP contribution is 2.30. The fraction of sp³-hybridized carbons (Fsp3) is 0.261. The van der Waals surface area contributed by atoms with Gasteiger partial charge in [-0.1, -0.05) is 23.7 Å². The molecule has 0 saturated heterocycles. The lowest BCUT2D eigenvalue weighted by Crippen LogP contribution is -2.35. The van der Waals surface area contributed by atoms with E-state index in [1.54, 1.807) is 49.5 Å². The maximum absolute atomic E-state index is 12.9. The zero-order valence-corrected chi connectivity index (χ0v) is 18.9. The number of H-pyrrole nitrogens is 1. The molecule has 2 amide bonds. The number of carbonyl (C=O) groups excluding carboxylic acids is 2. The van der Waals surface area contributed by atoms with E-state index in [-0.39, 0.29) is 18.4 Å². The highest BCUT2D eigenvalue weighted by atomic mass is 35.5. The Morgan fingerprint density at radius 2 is 1.75 bits per heavy atom. The van der Waals surface area contributed by atoms with Gasteiger partial charge in [-0.25, -0.2) is 0 Å². The van der Waals surface area contributed by atoms with Crippen LogP contribution in [-0.2, 0) is 4.79 Å². The third kappa shape index (κ3) is 5.59. The van der Waals surface area contributed by atoms with E-state index in [0.29, 0.717) is 46.7 Å². The largest absolute Gasteiger partial charge is 0.490 e. The van der Waals surface area contributed by atoms with Crippen LogP contribution in [0.1, 0.15) is 24.2 Å². The lowest BCUT2D eigenvalue weighted by Gasteiger charge is -2.17. The van der Waals surface area contributed by atoms with Crippen LogP contribution >= 0.6 is 11.6 Å². The minimum Gasteiger partial charge on any atom is -0.490 e. The predicted octanol–water partition coefficient (Wildman–Crippen LogP) is 4.24. The normalized spacial score (nSPS) is 10.5. The van der Waals surface area contributed by atoms with Crippen molar-refractivity contribution in [3.05, 3.63) is 59.2 Å². The van der Waals surface area contributed by atoms with Crippen molar-refractivity contribution in [2.45, 2.75) is 13.8 Å². The highest BCUT2D eigenvalue weighted by Gasteiger charge is 2.21. The zero-order valence-electron chi connectivity index (χ0n) is 18.1. The van der Waals surface area contributed by atoms with Crippen LogP contribution in [0.25, 0.3) is 11.3 Å². The summed E-state index contributed by atoms with van der Waals surface area (Å²) >= 11 is 5.94. The van der Waals surface area contributed by atoms with Crippen molar-refractivity contribution in [1.82, 2.24) is 15.1 Å². The number of benzene rings is 2. The Balaban J connectivity index is 1.67. The second kappa shape index (κ2) is 10.7. The summed E-state index contributed by atoms with van der Waals surface area (Å²) in [5.41, 5.74) is 2.24. The number of halogens is 1. The first kappa shape index (κ1) is 23.1. The van der Waals surface area contributed by atoms with E-state index < -0.39 is 0 Å². The van der Waals surface area contributed by atoms with Crippen molar-refractivity contribution < 1.29 is 19.1 Å². The summed E-state index contributed by atoms with van der Waals surface area (Å²) in [6, 6.07) is 12.2. The number of anilines is 1. The highest BCUT2D eigenvalue weighted by molar-refractivity contribution is 6.30. The number of nitrogens with zero attached hydrogens (tertiary/aromatic N) is 2. The molecule has 9 heteroatoms. The number of carbonyl (C=O) groups is 2. The number of amides is 2. The second-order valence-corrected chi connectivity index (χ2v) is 7.34. The summed E-state index contributed by atoms with van der Waals surface area (Å²) in [6.07, 6.45) is 1.45. The van der Waals surface area contributed by atoms with Gasteiger partial charge in [0, 0.05) is 29.4 Å². The van der Waals surface area contributed by atoms with Gasteiger partial charge in [0.25, 0.3) is 5.91 Å². The van der Waals surface area contributed by atoms with Crippen LogP contribution in [0.2, 0.25) is 5.02 Å². The molecule has 0 aliphatic heterocycles. The fourth-order valence-electron chi connectivity index (χ4n) is 3.11. The van der Waals surface area contributed by atoms with Gasteiger partial charge in [0.15, 0.2) is 11.5 Å². The van der Waals surface area contributed by atoms with E-state index in [9.17, 15) is 9.59 Å². The first-order chi connectivity index (χ1) is 15.4. The number of aromatic amines is 1. The Bertz CT molecular complexity index is 1080. The van der Waals surface area contributed by atoms with Gasteiger partial charge < -0.3 is 19.7 Å². The molecule has 0 fully saturated rings. The minimum absolute atomic E-state index is 0.138.